The predicted octanol–water partition coefficient (Wildman–Crippen LogP) is 1.95. The highest BCUT2D eigenvalue weighted by atomic mass is 16.1. The molecule has 2 unspecified atom stereocenters. The topological polar surface area (TPSA) is 83.8 Å². The normalized spacial score (nSPS) is 24.2. The first kappa shape index (κ1) is 13.1. The number of H-pyrrole nitrogens is 1. The lowest BCUT2D eigenvalue weighted by Gasteiger charge is -2.19. The van der Waals surface area contributed by atoms with E-state index in [4.69, 9.17) is 5.73 Å². The predicted molar refractivity (Wildman–Crippen MR) is 78.4 cm³/mol. The molecule has 2 bridgehead atoms. The van der Waals surface area contributed by atoms with Crippen LogP contribution in [0.2, 0.25) is 0 Å². The Hall–Kier alpha value is -1.88. The van der Waals surface area contributed by atoms with Gasteiger partial charge in [-0.25, -0.2) is 0 Å². The third-order valence-corrected chi connectivity index (χ3v) is 4.14. The van der Waals surface area contributed by atoms with E-state index in [1.54, 1.807) is 6.07 Å². The van der Waals surface area contributed by atoms with Crippen LogP contribution in [-0.4, -0.2) is 28.2 Å². The van der Waals surface area contributed by atoms with Gasteiger partial charge in [-0.15, -0.1) is 0 Å². The fourth-order valence-electron chi connectivity index (χ4n) is 3.12. The van der Waals surface area contributed by atoms with Crippen LogP contribution in [0, 0.1) is 0 Å². The molecule has 2 aliphatic heterocycles. The van der Waals surface area contributed by atoms with Gasteiger partial charge >= 0.3 is 0 Å². The number of piperidine rings is 1. The van der Waals surface area contributed by atoms with Crippen molar-refractivity contribution in [1.29, 1.82) is 0 Å². The number of para-hydroxylation sites is 1. The Kier molecular flexibility index (Phi) is 3.69. The van der Waals surface area contributed by atoms with E-state index in [0.717, 1.165) is 23.0 Å². The van der Waals surface area contributed by atoms with Crippen molar-refractivity contribution < 1.29 is 4.79 Å². The summed E-state index contributed by atoms with van der Waals surface area (Å²) in [5.74, 6) is -0.507. The van der Waals surface area contributed by atoms with Crippen molar-refractivity contribution in [3.63, 3.8) is 0 Å². The average molecular weight is 272 g/mol. The van der Waals surface area contributed by atoms with Crippen molar-refractivity contribution in [2.75, 3.05) is 0 Å². The SMILES string of the molecule is C1CC2CCC(C1)N2.NC(=O)c1n[nH]c2ccccc12. The number of hydrogen-bond acceptors (Lipinski definition) is 3. The molecule has 20 heavy (non-hydrogen) atoms. The summed E-state index contributed by atoms with van der Waals surface area (Å²) in [5.41, 5.74) is 6.22. The third kappa shape index (κ3) is 2.67. The summed E-state index contributed by atoms with van der Waals surface area (Å²) in [5, 5.41) is 10.9. The van der Waals surface area contributed by atoms with Crippen LogP contribution >= 0.6 is 0 Å². The molecule has 4 N–H and O–H groups in total. The summed E-state index contributed by atoms with van der Waals surface area (Å²) < 4.78 is 0. The lowest BCUT2D eigenvalue weighted by Crippen LogP contribution is -2.33. The Morgan fingerprint density at radius 2 is 1.85 bits per heavy atom. The Labute approximate surface area is 117 Å². The van der Waals surface area contributed by atoms with E-state index in [1.165, 1.54) is 32.1 Å². The molecule has 2 fully saturated rings. The van der Waals surface area contributed by atoms with E-state index in [0.29, 0.717) is 5.69 Å². The molecule has 0 saturated carbocycles. The van der Waals surface area contributed by atoms with Gasteiger partial charge in [-0.3, -0.25) is 9.89 Å². The van der Waals surface area contributed by atoms with Crippen molar-refractivity contribution in [2.24, 2.45) is 5.73 Å². The van der Waals surface area contributed by atoms with E-state index in [9.17, 15) is 4.79 Å². The maximum atomic E-state index is 10.8. The van der Waals surface area contributed by atoms with Gasteiger partial charge in [0.05, 0.1) is 5.52 Å². The minimum Gasteiger partial charge on any atom is -0.364 e. The number of nitrogens with one attached hydrogen (secondary N) is 2. The smallest absolute Gasteiger partial charge is 0.269 e. The highest BCUT2D eigenvalue weighted by Crippen LogP contribution is 2.25. The molecular weight excluding hydrogens is 252 g/mol. The van der Waals surface area contributed by atoms with E-state index in [2.05, 4.69) is 15.5 Å². The molecule has 5 heteroatoms. The van der Waals surface area contributed by atoms with Crippen LogP contribution in [-0.2, 0) is 0 Å². The minimum absolute atomic E-state index is 0.297. The van der Waals surface area contributed by atoms with Crippen LogP contribution < -0.4 is 11.1 Å². The van der Waals surface area contributed by atoms with Crippen molar-refractivity contribution in [3.05, 3.63) is 30.0 Å². The van der Waals surface area contributed by atoms with Crippen molar-refractivity contribution in [1.82, 2.24) is 15.5 Å². The second-order valence-corrected chi connectivity index (χ2v) is 5.55. The number of hydrogen-bond donors (Lipinski definition) is 3. The van der Waals surface area contributed by atoms with Crippen LogP contribution in [0.1, 0.15) is 42.6 Å². The molecule has 0 radical (unpaired) electrons. The molecule has 3 heterocycles. The Balaban J connectivity index is 0.000000131. The fraction of sp³-hybridized carbons (Fsp3) is 0.467. The second-order valence-electron chi connectivity index (χ2n) is 5.55. The summed E-state index contributed by atoms with van der Waals surface area (Å²) in [6.07, 6.45) is 7.25. The highest BCUT2D eigenvalue weighted by Gasteiger charge is 2.26. The van der Waals surface area contributed by atoms with Crippen molar-refractivity contribution in [2.45, 2.75) is 44.2 Å². The standard InChI is InChI=1S/C8H7N3O.C7H13N/c9-8(12)7-5-3-1-2-4-6(5)10-11-7;1-2-6-4-5-7(3-1)8-6/h1-4H,(H2,9,12)(H,10,11);6-8H,1-5H2. The summed E-state index contributed by atoms with van der Waals surface area (Å²) in [6, 6.07) is 9.17. The number of benzene rings is 1. The summed E-state index contributed by atoms with van der Waals surface area (Å²) in [6.45, 7) is 0. The zero-order chi connectivity index (χ0) is 13.9. The molecule has 0 aliphatic carbocycles. The van der Waals surface area contributed by atoms with E-state index >= 15 is 0 Å². The van der Waals surface area contributed by atoms with Gasteiger partial charge in [0.1, 0.15) is 0 Å². The van der Waals surface area contributed by atoms with Gasteiger partial charge in [0.25, 0.3) is 5.91 Å². The van der Waals surface area contributed by atoms with Gasteiger partial charge in [-0.1, -0.05) is 24.6 Å². The molecule has 1 amide bonds. The van der Waals surface area contributed by atoms with Gasteiger partial charge in [0, 0.05) is 17.5 Å². The average Bonchev–Trinajstić information content (AvgIpc) is 3.03. The molecule has 106 valence electrons. The Morgan fingerprint density at radius 1 is 1.15 bits per heavy atom. The second kappa shape index (κ2) is 5.63. The quantitative estimate of drug-likeness (QED) is 0.742. The number of aromatic nitrogens is 2. The van der Waals surface area contributed by atoms with Crippen LogP contribution in [0.25, 0.3) is 10.9 Å². The summed E-state index contributed by atoms with van der Waals surface area (Å²) >= 11 is 0. The maximum Gasteiger partial charge on any atom is 0.269 e. The van der Waals surface area contributed by atoms with E-state index in [1.807, 2.05) is 18.2 Å². The zero-order valence-electron chi connectivity index (χ0n) is 11.4. The monoisotopic (exact) mass is 272 g/mol. The van der Waals surface area contributed by atoms with Crippen molar-refractivity contribution >= 4 is 16.8 Å². The number of nitrogens with two attached hydrogens (primary N) is 1. The molecule has 2 aromatic rings. The number of carbonyl (C=O) groups excluding carboxylic acids is 1. The highest BCUT2D eigenvalue weighted by molar-refractivity contribution is 6.03. The molecule has 4 rings (SSSR count). The van der Waals surface area contributed by atoms with Crippen LogP contribution in [0.15, 0.2) is 24.3 Å². The van der Waals surface area contributed by atoms with Crippen molar-refractivity contribution in [3.8, 4) is 0 Å². The minimum atomic E-state index is -0.507. The summed E-state index contributed by atoms with van der Waals surface area (Å²) in [7, 11) is 0. The fourth-order valence-corrected chi connectivity index (χ4v) is 3.12. The first-order valence-corrected chi connectivity index (χ1v) is 7.23. The van der Waals surface area contributed by atoms with Gasteiger partial charge in [0.2, 0.25) is 0 Å². The number of fused-ring (bicyclic) bond motifs is 3. The number of amides is 1. The number of nitrogens with zero attached hydrogens (tertiary/aromatic N) is 1. The van der Waals surface area contributed by atoms with E-state index < -0.39 is 5.91 Å². The first-order valence-electron chi connectivity index (χ1n) is 7.23. The first-order chi connectivity index (χ1) is 9.74. The molecule has 2 aliphatic rings. The number of aromatic amines is 1. The molecular formula is C15H20N4O. The largest absolute Gasteiger partial charge is 0.364 e. The van der Waals surface area contributed by atoms with Crippen LogP contribution in [0.5, 0.6) is 0 Å². The van der Waals surface area contributed by atoms with Gasteiger partial charge < -0.3 is 11.1 Å². The molecule has 2 atom stereocenters. The molecule has 5 nitrogen and oxygen atoms in total. The maximum absolute atomic E-state index is 10.8. The van der Waals surface area contributed by atoms with E-state index in [-0.39, 0.29) is 0 Å². The number of primary amides is 1. The van der Waals surface area contributed by atoms with Crippen LogP contribution in [0.3, 0.4) is 0 Å². The van der Waals surface area contributed by atoms with Crippen LogP contribution in [0.4, 0.5) is 0 Å². The molecule has 1 aromatic heterocycles. The van der Waals surface area contributed by atoms with Gasteiger partial charge in [-0.05, 0) is 31.7 Å². The Morgan fingerprint density at radius 3 is 2.50 bits per heavy atom. The lowest BCUT2D eigenvalue weighted by atomic mass is 10.1. The lowest BCUT2D eigenvalue weighted by molar-refractivity contribution is 0.0997. The van der Waals surface area contributed by atoms with Gasteiger partial charge in [0.15, 0.2) is 5.69 Å². The number of rotatable bonds is 1. The number of carbonyl (C=O) groups is 1. The molecule has 0 spiro atoms. The third-order valence-electron chi connectivity index (χ3n) is 4.14. The molecule has 2 saturated heterocycles. The Bertz CT molecular complexity index is 593. The molecule has 1 aromatic carbocycles. The van der Waals surface area contributed by atoms with Gasteiger partial charge in [-0.2, -0.15) is 5.10 Å². The zero-order valence-corrected chi connectivity index (χ0v) is 11.4. The summed E-state index contributed by atoms with van der Waals surface area (Å²) in [4.78, 5) is 10.8.